The number of rotatable bonds is 3. The number of alkyl halides is 3. The molecule has 0 bridgehead atoms. The van der Waals surface area contributed by atoms with Crippen LogP contribution in [0.4, 0.5) is 24.5 Å². The minimum Gasteiger partial charge on any atom is -0.459 e. The van der Waals surface area contributed by atoms with Gasteiger partial charge in [-0.1, -0.05) is 0 Å². The van der Waals surface area contributed by atoms with E-state index < -0.39 is 12.1 Å². The summed E-state index contributed by atoms with van der Waals surface area (Å²) in [5, 5.41) is 2.68. The average molecular weight is 367 g/mol. The van der Waals surface area contributed by atoms with Crippen molar-refractivity contribution in [1.82, 2.24) is 4.90 Å². The highest BCUT2D eigenvalue weighted by molar-refractivity contribution is 6.02. The number of carbonyl (C=O) groups excluding carboxylic acids is 2. The Morgan fingerprint density at radius 1 is 1.00 bits per heavy atom. The summed E-state index contributed by atoms with van der Waals surface area (Å²) < 4.78 is 42.4. The smallest absolute Gasteiger partial charge is 0.459 e. The molecule has 2 aromatic rings. The van der Waals surface area contributed by atoms with E-state index in [0.717, 1.165) is 10.6 Å². The summed E-state index contributed by atoms with van der Waals surface area (Å²) in [7, 11) is 0. The Morgan fingerprint density at radius 3 is 2.19 bits per heavy atom. The van der Waals surface area contributed by atoms with Crippen molar-refractivity contribution >= 4 is 23.2 Å². The Morgan fingerprint density at radius 2 is 1.65 bits per heavy atom. The van der Waals surface area contributed by atoms with Crippen LogP contribution in [0.2, 0.25) is 0 Å². The maximum Gasteiger partial charge on any atom is 0.471 e. The molecular weight excluding hydrogens is 351 g/mol. The molecule has 0 unspecified atom stereocenters. The van der Waals surface area contributed by atoms with Crippen LogP contribution in [0.15, 0.2) is 47.1 Å². The van der Waals surface area contributed by atoms with Gasteiger partial charge >= 0.3 is 12.1 Å². The first kappa shape index (κ1) is 17.8. The van der Waals surface area contributed by atoms with Gasteiger partial charge < -0.3 is 19.5 Å². The normalized spacial score (nSPS) is 15.0. The quantitative estimate of drug-likeness (QED) is 0.906. The molecule has 0 aliphatic carbocycles. The van der Waals surface area contributed by atoms with E-state index in [2.05, 4.69) is 5.32 Å². The fourth-order valence-electron chi connectivity index (χ4n) is 2.70. The van der Waals surface area contributed by atoms with Gasteiger partial charge in [0.25, 0.3) is 5.91 Å². The Hall–Kier alpha value is -2.97. The van der Waals surface area contributed by atoms with Crippen molar-refractivity contribution in [3.05, 3.63) is 48.4 Å². The summed E-state index contributed by atoms with van der Waals surface area (Å²) in [5.41, 5.74) is 1.38. The minimum absolute atomic E-state index is 0.00925. The molecular formula is C17H16F3N3O3. The molecule has 1 saturated heterocycles. The monoisotopic (exact) mass is 367 g/mol. The van der Waals surface area contributed by atoms with Crippen LogP contribution >= 0.6 is 0 Å². The highest BCUT2D eigenvalue weighted by Gasteiger charge is 2.43. The number of nitrogens with zero attached hydrogens (tertiary/aromatic N) is 2. The predicted molar refractivity (Wildman–Crippen MR) is 88.0 cm³/mol. The SMILES string of the molecule is O=C(Nc1ccc(N2CCN(C(=O)C(F)(F)F)CC2)cc1)c1ccco1. The minimum atomic E-state index is -4.84. The molecule has 0 saturated carbocycles. The van der Waals surface area contributed by atoms with E-state index in [4.69, 9.17) is 4.42 Å². The van der Waals surface area contributed by atoms with Gasteiger partial charge in [-0.15, -0.1) is 0 Å². The number of carbonyl (C=O) groups is 2. The summed E-state index contributed by atoms with van der Waals surface area (Å²) in [6.45, 7) is 0.629. The van der Waals surface area contributed by atoms with Crippen molar-refractivity contribution in [3.8, 4) is 0 Å². The van der Waals surface area contributed by atoms with Gasteiger partial charge in [0, 0.05) is 37.6 Å². The standard InChI is InChI=1S/C17H16F3N3O3/c18-17(19,20)16(25)23-9-7-22(8-10-23)13-5-3-12(4-6-13)21-15(24)14-2-1-11-26-14/h1-6,11H,7-10H2,(H,21,24). The number of halogens is 3. The maximum atomic E-state index is 12.5. The molecule has 2 amide bonds. The van der Waals surface area contributed by atoms with Crippen LogP contribution in [0.25, 0.3) is 0 Å². The van der Waals surface area contributed by atoms with Gasteiger partial charge in [-0.3, -0.25) is 9.59 Å². The van der Waals surface area contributed by atoms with Gasteiger partial charge in [-0.25, -0.2) is 0 Å². The Kier molecular flexibility index (Phi) is 4.88. The fourth-order valence-corrected chi connectivity index (χ4v) is 2.70. The largest absolute Gasteiger partial charge is 0.471 e. The number of anilines is 2. The van der Waals surface area contributed by atoms with Crippen molar-refractivity contribution in [2.45, 2.75) is 6.18 Å². The van der Waals surface area contributed by atoms with Gasteiger partial charge in [0.1, 0.15) is 0 Å². The highest BCUT2D eigenvalue weighted by Crippen LogP contribution is 2.23. The summed E-state index contributed by atoms with van der Waals surface area (Å²) in [5.74, 6) is -1.98. The Balaban J connectivity index is 1.56. The molecule has 0 spiro atoms. The molecule has 1 aromatic heterocycles. The van der Waals surface area contributed by atoms with E-state index in [-0.39, 0.29) is 24.8 Å². The lowest BCUT2D eigenvalue weighted by molar-refractivity contribution is -0.185. The highest BCUT2D eigenvalue weighted by atomic mass is 19.4. The Labute approximate surface area is 147 Å². The molecule has 1 N–H and O–H groups in total. The van der Waals surface area contributed by atoms with Crippen LogP contribution in [0.3, 0.4) is 0 Å². The molecule has 0 radical (unpaired) electrons. The number of benzene rings is 1. The van der Waals surface area contributed by atoms with E-state index in [1.807, 2.05) is 4.90 Å². The topological polar surface area (TPSA) is 65.8 Å². The first-order chi connectivity index (χ1) is 12.3. The van der Waals surface area contributed by atoms with E-state index >= 15 is 0 Å². The zero-order valence-corrected chi connectivity index (χ0v) is 13.6. The lowest BCUT2D eigenvalue weighted by atomic mass is 10.2. The van der Waals surface area contributed by atoms with E-state index in [9.17, 15) is 22.8 Å². The average Bonchev–Trinajstić information content (AvgIpc) is 3.16. The molecule has 3 rings (SSSR count). The zero-order valence-electron chi connectivity index (χ0n) is 13.6. The van der Waals surface area contributed by atoms with Crippen molar-refractivity contribution < 1.29 is 27.2 Å². The Bertz CT molecular complexity index is 765. The summed E-state index contributed by atoms with van der Waals surface area (Å²) in [4.78, 5) is 25.8. The first-order valence-corrected chi connectivity index (χ1v) is 7.90. The van der Waals surface area contributed by atoms with Gasteiger partial charge in [-0.05, 0) is 36.4 Å². The third-order valence-corrected chi connectivity index (χ3v) is 4.04. The van der Waals surface area contributed by atoms with Crippen LogP contribution in [0, 0.1) is 0 Å². The summed E-state index contributed by atoms with van der Waals surface area (Å²) >= 11 is 0. The van der Waals surface area contributed by atoms with Crippen molar-refractivity contribution in [3.63, 3.8) is 0 Å². The third kappa shape index (κ3) is 3.98. The molecule has 26 heavy (non-hydrogen) atoms. The second kappa shape index (κ2) is 7.11. The van der Waals surface area contributed by atoms with Gasteiger partial charge in [-0.2, -0.15) is 13.2 Å². The number of furan rings is 1. The predicted octanol–water partition coefficient (Wildman–Crippen LogP) is 2.74. The molecule has 1 aliphatic heterocycles. The van der Waals surface area contributed by atoms with Crippen LogP contribution in [-0.2, 0) is 4.79 Å². The molecule has 2 heterocycles. The van der Waals surface area contributed by atoms with Crippen molar-refractivity contribution in [1.29, 1.82) is 0 Å². The number of hydrogen-bond donors (Lipinski definition) is 1. The first-order valence-electron chi connectivity index (χ1n) is 7.90. The summed E-state index contributed by atoms with van der Waals surface area (Å²) in [6.07, 6.45) is -3.43. The van der Waals surface area contributed by atoms with E-state index in [1.165, 1.54) is 6.26 Å². The molecule has 6 nitrogen and oxygen atoms in total. The molecule has 1 fully saturated rings. The zero-order chi connectivity index (χ0) is 18.7. The van der Waals surface area contributed by atoms with Gasteiger partial charge in [0.15, 0.2) is 5.76 Å². The number of amides is 2. The maximum absolute atomic E-state index is 12.5. The molecule has 9 heteroatoms. The van der Waals surface area contributed by atoms with Crippen LogP contribution in [0.1, 0.15) is 10.6 Å². The van der Waals surface area contributed by atoms with Gasteiger partial charge in [0.2, 0.25) is 0 Å². The lowest BCUT2D eigenvalue weighted by Crippen LogP contribution is -2.52. The van der Waals surface area contributed by atoms with Crippen LogP contribution in [0.5, 0.6) is 0 Å². The molecule has 1 aliphatic rings. The fraction of sp³-hybridized carbons (Fsp3) is 0.294. The van der Waals surface area contributed by atoms with E-state index in [0.29, 0.717) is 18.8 Å². The third-order valence-electron chi connectivity index (χ3n) is 4.04. The second-order valence-corrected chi connectivity index (χ2v) is 5.76. The second-order valence-electron chi connectivity index (χ2n) is 5.76. The molecule has 1 aromatic carbocycles. The number of hydrogen-bond acceptors (Lipinski definition) is 4. The van der Waals surface area contributed by atoms with Crippen molar-refractivity contribution in [2.24, 2.45) is 0 Å². The molecule has 0 atom stereocenters. The lowest BCUT2D eigenvalue weighted by Gasteiger charge is -2.36. The van der Waals surface area contributed by atoms with E-state index in [1.54, 1.807) is 36.4 Å². The van der Waals surface area contributed by atoms with Crippen LogP contribution < -0.4 is 10.2 Å². The molecule has 138 valence electrons. The van der Waals surface area contributed by atoms with Gasteiger partial charge in [0.05, 0.1) is 6.26 Å². The number of piperazine rings is 1. The van der Waals surface area contributed by atoms with Crippen LogP contribution in [-0.4, -0.2) is 49.1 Å². The van der Waals surface area contributed by atoms with Crippen molar-refractivity contribution in [2.75, 3.05) is 36.4 Å². The number of nitrogens with one attached hydrogen (secondary N) is 1. The summed E-state index contributed by atoms with van der Waals surface area (Å²) in [6, 6.07) is 10.1.